The fourth-order valence-electron chi connectivity index (χ4n) is 1.44. The van der Waals surface area contributed by atoms with E-state index < -0.39 is 0 Å². The Labute approximate surface area is 115 Å². The number of rotatable bonds is 8. The molecule has 0 aromatic carbocycles. The van der Waals surface area contributed by atoms with Crippen molar-refractivity contribution in [3.05, 3.63) is 33.7 Å². The van der Waals surface area contributed by atoms with Gasteiger partial charge in [0, 0.05) is 20.3 Å². The molecule has 0 saturated carbocycles. The summed E-state index contributed by atoms with van der Waals surface area (Å²) in [4.78, 5) is 11.9. The fraction of sp³-hybridized carbons (Fsp3) is 0.500. The highest BCUT2D eigenvalue weighted by Crippen LogP contribution is 2.15. The van der Waals surface area contributed by atoms with E-state index in [4.69, 9.17) is 4.74 Å². The van der Waals surface area contributed by atoms with E-state index in [0.717, 1.165) is 31.7 Å². The number of hydrogen-bond donors (Lipinski definition) is 1. The third-order valence-electron chi connectivity index (χ3n) is 2.38. The van der Waals surface area contributed by atoms with Crippen molar-refractivity contribution in [2.75, 3.05) is 25.6 Å². The van der Waals surface area contributed by atoms with Crippen LogP contribution in [0.1, 0.15) is 12.8 Å². The average Bonchev–Trinajstić information content (AvgIpc) is 2.37. The minimum absolute atomic E-state index is 0.156. The van der Waals surface area contributed by atoms with E-state index in [1.54, 1.807) is 19.4 Å². The van der Waals surface area contributed by atoms with Crippen molar-refractivity contribution in [3.8, 4) is 0 Å². The molecule has 0 aliphatic carbocycles. The number of allylic oxidation sites excluding steroid dienone is 1. The van der Waals surface area contributed by atoms with Crippen molar-refractivity contribution in [2.24, 2.45) is 0 Å². The normalized spacial score (nSPS) is 10.3. The molecule has 0 unspecified atom stereocenters. The first-order chi connectivity index (χ1) is 8.70. The molecule has 0 aliphatic heterocycles. The maximum Gasteiger partial charge on any atom is 0.283 e. The van der Waals surface area contributed by atoms with E-state index in [9.17, 15) is 4.79 Å². The van der Waals surface area contributed by atoms with E-state index in [2.05, 4.69) is 32.9 Å². The topological polar surface area (TPSA) is 56.1 Å². The molecule has 0 amide bonds. The second kappa shape index (κ2) is 8.05. The van der Waals surface area contributed by atoms with Crippen LogP contribution in [0.4, 0.5) is 5.69 Å². The summed E-state index contributed by atoms with van der Waals surface area (Å²) in [7, 11) is 1.69. The van der Waals surface area contributed by atoms with Gasteiger partial charge in [-0.2, -0.15) is 5.10 Å². The van der Waals surface area contributed by atoms with Crippen molar-refractivity contribution in [1.29, 1.82) is 0 Å². The quantitative estimate of drug-likeness (QED) is 0.589. The lowest BCUT2D eigenvalue weighted by Gasteiger charge is -2.09. The van der Waals surface area contributed by atoms with E-state index in [-0.39, 0.29) is 5.56 Å². The molecule has 18 heavy (non-hydrogen) atoms. The number of aromatic nitrogens is 2. The molecule has 1 aromatic rings. The van der Waals surface area contributed by atoms with Crippen molar-refractivity contribution < 1.29 is 4.74 Å². The number of hydrogen-bond acceptors (Lipinski definition) is 4. The van der Waals surface area contributed by atoms with Crippen LogP contribution in [0.2, 0.25) is 0 Å². The molecule has 0 saturated heterocycles. The first-order valence-electron chi connectivity index (χ1n) is 5.80. The van der Waals surface area contributed by atoms with Gasteiger partial charge in [0.15, 0.2) is 0 Å². The van der Waals surface area contributed by atoms with Gasteiger partial charge >= 0.3 is 0 Å². The zero-order valence-electron chi connectivity index (χ0n) is 10.5. The predicted molar refractivity (Wildman–Crippen MR) is 76.0 cm³/mol. The number of halogens is 1. The number of unbranched alkanes of at least 4 members (excludes halogenated alkanes) is 1. The van der Waals surface area contributed by atoms with Gasteiger partial charge in [0.25, 0.3) is 5.56 Å². The average molecular weight is 316 g/mol. The lowest BCUT2D eigenvalue weighted by atomic mass is 10.3. The molecule has 1 aromatic heterocycles. The van der Waals surface area contributed by atoms with Crippen molar-refractivity contribution >= 4 is 21.6 Å². The summed E-state index contributed by atoms with van der Waals surface area (Å²) >= 11 is 3.29. The monoisotopic (exact) mass is 315 g/mol. The third-order valence-corrected chi connectivity index (χ3v) is 3.14. The second-order valence-electron chi connectivity index (χ2n) is 3.77. The van der Waals surface area contributed by atoms with Crippen LogP contribution in [-0.2, 0) is 11.3 Å². The largest absolute Gasteiger partial charge is 0.385 e. The standard InChI is InChI=1S/C12H18BrN3O2/c1-3-7-16-12(17)11(13)10(9-15-16)14-6-4-5-8-18-2/h3,9,14H,1,4-8H2,2H3. The predicted octanol–water partition coefficient (Wildman–Crippen LogP) is 2.03. The van der Waals surface area contributed by atoms with Gasteiger partial charge in [-0.1, -0.05) is 6.08 Å². The Bertz CT molecular complexity index is 445. The van der Waals surface area contributed by atoms with Crippen LogP contribution >= 0.6 is 15.9 Å². The van der Waals surface area contributed by atoms with Crippen LogP contribution in [-0.4, -0.2) is 30.0 Å². The van der Waals surface area contributed by atoms with Crippen LogP contribution in [0.15, 0.2) is 28.1 Å². The van der Waals surface area contributed by atoms with Gasteiger partial charge in [-0.25, -0.2) is 4.68 Å². The van der Waals surface area contributed by atoms with Gasteiger partial charge in [0.1, 0.15) is 4.47 Å². The molecule has 0 radical (unpaired) electrons. The van der Waals surface area contributed by atoms with Crippen LogP contribution in [0.5, 0.6) is 0 Å². The number of ether oxygens (including phenoxy) is 1. The van der Waals surface area contributed by atoms with Gasteiger partial charge < -0.3 is 10.1 Å². The van der Waals surface area contributed by atoms with E-state index in [0.29, 0.717) is 11.0 Å². The Kier molecular flexibility index (Phi) is 6.67. The third kappa shape index (κ3) is 4.27. The Balaban J connectivity index is 2.59. The molecule has 0 spiro atoms. The van der Waals surface area contributed by atoms with Gasteiger partial charge in [0.05, 0.1) is 18.4 Å². The molecule has 0 fully saturated rings. The number of methoxy groups -OCH3 is 1. The SMILES string of the molecule is C=CCn1ncc(NCCCCOC)c(Br)c1=O. The highest BCUT2D eigenvalue weighted by molar-refractivity contribution is 9.10. The first kappa shape index (κ1) is 14.9. The zero-order chi connectivity index (χ0) is 13.4. The van der Waals surface area contributed by atoms with Crippen LogP contribution in [0.25, 0.3) is 0 Å². The molecular weight excluding hydrogens is 298 g/mol. The highest BCUT2D eigenvalue weighted by atomic mass is 79.9. The summed E-state index contributed by atoms with van der Waals surface area (Å²) in [5.41, 5.74) is 0.564. The number of nitrogens with zero attached hydrogens (tertiary/aromatic N) is 2. The molecular formula is C12H18BrN3O2. The Morgan fingerprint density at radius 2 is 2.39 bits per heavy atom. The summed E-state index contributed by atoms with van der Waals surface area (Å²) in [5, 5.41) is 7.24. The van der Waals surface area contributed by atoms with Crippen LogP contribution in [0, 0.1) is 0 Å². The summed E-state index contributed by atoms with van der Waals surface area (Å²) < 4.78 is 6.83. The smallest absolute Gasteiger partial charge is 0.283 e. The lowest BCUT2D eigenvalue weighted by Crippen LogP contribution is -2.24. The molecule has 1 heterocycles. The second-order valence-corrected chi connectivity index (χ2v) is 4.57. The zero-order valence-corrected chi connectivity index (χ0v) is 12.1. The lowest BCUT2D eigenvalue weighted by molar-refractivity contribution is 0.194. The highest BCUT2D eigenvalue weighted by Gasteiger charge is 2.07. The Morgan fingerprint density at radius 1 is 1.61 bits per heavy atom. The summed E-state index contributed by atoms with van der Waals surface area (Å²) in [6, 6.07) is 0. The van der Waals surface area contributed by atoms with Gasteiger partial charge in [0.2, 0.25) is 0 Å². The maximum absolute atomic E-state index is 11.9. The minimum atomic E-state index is -0.156. The molecule has 0 aliphatic rings. The number of nitrogens with one attached hydrogen (secondary N) is 1. The molecule has 100 valence electrons. The molecule has 0 atom stereocenters. The maximum atomic E-state index is 11.9. The molecule has 1 rings (SSSR count). The molecule has 0 bridgehead atoms. The van der Waals surface area contributed by atoms with Crippen molar-refractivity contribution in [3.63, 3.8) is 0 Å². The van der Waals surface area contributed by atoms with Crippen LogP contribution in [0.3, 0.4) is 0 Å². The fourth-order valence-corrected chi connectivity index (χ4v) is 1.88. The summed E-state index contributed by atoms with van der Waals surface area (Å²) in [6.07, 6.45) is 5.25. The van der Waals surface area contributed by atoms with Crippen LogP contribution < -0.4 is 10.9 Å². The van der Waals surface area contributed by atoms with E-state index in [1.807, 2.05) is 0 Å². The molecule has 6 heteroatoms. The Hall–Kier alpha value is -1.14. The first-order valence-corrected chi connectivity index (χ1v) is 6.59. The Morgan fingerprint density at radius 3 is 3.06 bits per heavy atom. The van der Waals surface area contributed by atoms with E-state index in [1.165, 1.54) is 4.68 Å². The molecule has 5 nitrogen and oxygen atoms in total. The van der Waals surface area contributed by atoms with Gasteiger partial charge in [-0.15, -0.1) is 6.58 Å². The number of anilines is 1. The van der Waals surface area contributed by atoms with Crippen molar-refractivity contribution in [1.82, 2.24) is 9.78 Å². The summed E-state index contributed by atoms with van der Waals surface area (Å²) in [6.45, 7) is 5.53. The minimum Gasteiger partial charge on any atom is -0.385 e. The van der Waals surface area contributed by atoms with Gasteiger partial charge in [-0.05, 0) is 28.8 Å². The summed E-state index contributed by atoms with van der Waals surface area (Å²) in [5.74, 6) is 0. The van der Waals surface area contributed by atoms with Gasteiger partial charge in [-0.3, -0.25) is 4.79 Å². The van der Waals surface area contributed by atoms with Crippen molar-refractivity contribution in [2.45, 2.75) is 19.4 Å². The molecule has 1 N–H and O–H groups in total. The van der Waals surface area contributed by atoms with E-state index >= 15 is 0 Å².